The monoisotopic (exact) mass is 380 g/mol. The number of nitrogens with one attached hydrogen (secondary N) is 2. The highest BCUT2D eigenvalue weighted by Gasteiger charge is 2.27. The summed E-state index contributed by atoms with van der Waals surface area (Å²) < 4.78 is 31.8. The van der Waals surface area contributed by atoms with E-state index in [1.807, 2.05) is 0 Å². The number of benzene rings is 1. The minimum atomic E-state index is -3.45. The molecule has 0 saturated heterocycles. The fraction of sp³-hybridized carbons (Fsp3) is 0.556. The summed E-state index contributed by atoms with van der Waals surface area (Å²) in [6, 6.07) is 6.58. The van der Waals surface area contributed by atoms with Gasteiger partial charge in [0.25, 0.3) is 0 Å². The van der Waals surface area contributed by atoms with E-state index in [9.17, 15) is 18.0 Å². The summed E-state index contributed by atoms with van der Waals surface area (Å²) in [6.07, 6.45) is 4.69. The summed E-state index contributed by atoms with van der Waals surface area (Å²) in [5.74, 6) is -0.149. The highest BCUT2D eigenvalue weighted by molar-refractivity contribution is 7.89. The van der Waals surface area contributed by atoms with Crippen LogP contribution in [0.5, 0.6) is 0 Å². The molecule has 0 atom stereocenters. The van der Waals surface area contributed by atoms with Crippen LogP contribution in [0, 0.1) is 5.92 Å². The van der Waals surface area contributed by atoms with Crippen molar-refractivity contribution in [3.63, 3.8) is 0 Å². The van der Waals surface area contributed by atoms with E-state index in [0.717, 1.165) is 31.2 Å². The fourth-order valence-corrected chi connectivity index (χ4v) is 3.69. The second-order valence-electron chi connectivity index (χ2n) is 6.94. The Balaban J connectivity index is 1.38. The summed E-state index contributed by atoms with van der Waals surface area (Å²) in [5.41, 5.74) is 0.863. The molecule has 1 amide bonds. The number of hydrogen-bond donors (Lipinski definition) is 2. The third-order valence-electron chi connectivity index (χ3n) is 4.38. The van der Waals surface area contributed by atoms with E-state index in [1.54, 1.807) is 24.3 Å². The van der Waals surface area contributed by atoms with Crippen LogP contribution in [-0.2, 0) is 30.8 Å². The van der Waals surface area contributed by atoms with Gasteiger partial charge in [-0.05, 0) is 55.7 Å². The number of ether oxygens (including phenoxy) is 1. The van der Waals surface area contributed by atoms with E-state index in [0.29, 0.717) is 18.9 Å². The lowest BCUT2D eigenvalue weighted by atomic mass is 10.1. The average Bonchev–Trinajstić information content (AvgIpc) is 3.52. The number of carbonyl (C=O) groups excluding carboxylic acids is 2. The van der Waals surface area contributed by atoms with Crippen LogP contribution in [0.2, 0.25) is 0 Å². The van der Waals surface area contributed by atoms with Gasteiger partial charge >= 0.3 is 5.97 Å². The van der Waals surface area contributed by atoms with Gasteiger partial charge in [0.05, 0.1) is 11.5 Å². The second kappa shape index (κ2) is 8.18. The number of esters is 1. The number of carbonyl (C=O) groups is 2. The number of aryl methyl sites for hydroxylation is 1. The zero-order valence-corrected chi connectivity index (χ0v) is 15.4. The van der Waals surface area contributed by atoms with Crippen LogP contribution >= 0.6 is 0 Å². The molecule has 0 unspecified atom stereocenters. The maximum atomic E-state index is 12.1. The zero-order chi connectivity index (χ0) is 18.6. The predicted octanol–water partition coefficient (Wildman–Crippen LogP) is 1.13. The van der Waals surface area contributed by atoms with Crippen molar-refractivity contribution in [1.29, 1.82) is 0 Å². The molecule has 2 N–H and O–H groups in total. The maximum absolute atomic E-state index is 12.1. The minimum Gasteiger partial charge on any atom is -0.464 e. The van der Waals surface area contributed by atoms with Crippen molar-refractivity contribution in [3.05, 3.63) is 29.8 Å². The fourth-order valence-electron chi connectivity index (χ4n) is 2.39. The smallest absolute Gasteiger partial charge is 0.325 e. The molecule has 0 aromatic heterocycles. The maximum Gasteiger partial charge on any atom is 0.325 e. The van der Waals surface area contributed by atoms with Gasteiger partial charge in [-0.25, -0.2) is 13.1 Å². The molecule has 1 aromatic carbocycles. The molecule has 142 valence electrons. The molecule has 0 radical (unpaired) electrons. The van der Waals surface area contributed by atoms with Crippen molar-refractivity contribution in [2.45, 2.75) is 49.5 Å². The lowest BCUT2D eigenvalue weighted by Gasteiger charge is -2.08. The lowest BCUT2D eigenvalue weighted by Crippen LogP contribution is -2.31. The summed E-state index contributed by atoms with van der Waals surface area (Å²) in [7, 11) is -3.45. The first kappa shape index (κ1) is 18.8. The van der Waals surface area contributed by atoms with Gasteiger partial charge in [0, 0.05) is 12.5 Å². The Morgan fingerprint density at radius 3 is 2.38 bits per heavy atom. The Morgan fingerprint density at radius 1 is 1.08 bits per heavy atom. The molecule has 26 heavy (non-hydrogen) atoms. The van der Waals surface area contributed by atoms with Crippen LogP contribution in [0.1, 0.15) is 37.7 Å². The lowest BCUT2D eigenvalue weighted by molar-refractivity contribution is -0.144. The molecular formula is C18H24N2O5S. The topological polar surface area (TPSA) is 102 Å². The van der Waals surface area contributed by atoms with E-state index < -0.39 is 16.0 Å². The molecule has 0 bridgehead atoms. The number of amides is 1. The van der Waals surface area contributed by atoms with Crippen molar-refractivity contribution in [2.75, 3.05) is 13.2 Å². The molecule has 7 nitrogen and oxygen atoms in total. The molecule has 3 rings (SSSR count). The minimum absolute atomic E-state index is 0.0688. The van der Waals surface area contributed by atoms with Gasteiger partial charge in [-0.1, -0.05) is 12.1 Å². The van der Waals surface area contributed by atoms with Gasteiger partial charge in [0.15, 0.2) is 0 Å². The zero-order valence-electron chi connectivity index (χ0n) is 14.6. The average molecular weight is 380 g/mol. The Bertz CT molecular complexity index is 752. The van der Waals surface area contributed by atoms with Gasteiger partial charge in [0.2, 0.25) is 15.9 Å². The van der Waals surface area contributed by atoms with Gasteiger partial charge in [-0.3, -0.25) is 9.59 Å². The summed E-state index contributed by atoms with van der Waals surface area (Å²) in [4.78, 5) is 23.5. The summed E-state index contributed by atoms with van der Waals surface area (Å²) in [5, 5.41) is 2.54. The third kappa shape index (κ3) is 6.10. The van der Waals surface area contributed by atoms with Crippen LogP contribution in [0.15, 0.2) is 29.2 Å². The summed E-state index contributed by atoms with van der Waals surface area (Å²) >= 11 is 0. The first-order chi connectivity index (χ1) is 12.4. The van der Waals surface area contributed by atoms with Crippen molar-refractivity contribution in [2.24, 2.45) is 5.92 Å². The van der Waals surface area contributed by atoms with E-state index in [1.165, 1.54) is 0 Å². The largest absolute Gasteiger partial charge is 0.464 e. The Labute approximate surface area is 153 Å². The summed E-state index contributed by atoms with van der Waals surface area (Å²) in [6.45, 7) is 0.329. The van der Waals surface area contributed by atoms with E-state index >= 15 is 0 Å². The second-order valence-corrected chi connectivity index (χ2v) is 8.66. The number of sulfonamides is 1. The van der Waals surface area contributed by atoms with Crippen LogP contribution < -0.4 is 10.0 Å². The first-order valence-corrected chi connectivity index (χ1v) is 10.4. The standard InChI is InChI=1S/C18H24N2O5S/c21-17(19-11-18(22)25-12-14-1-2-14)10-5-13-3-8-16(9-4-13)26(23,24)20-15-6-7-15/h3-4,8-9,14-15,20H,1-2,5-7,10-12H2,(H,19,21). The molecular weight excluding hydrogens is 356 g/mol. The van der Waals surface area contributed by atoms with Crippen molar-refractivity contribution < 1.29 is 22.7 Å². The molecule has 0 aliphatic heterocycles. The van der Waals surface area contributed by atoms with E-state index in [4.69, 9.17) is 4.74 Å². The van der Waals surface area contributed by atoms with Crippen LogP contribution in [-0.4, -0.2) is 39.5 Å². The molecule has 2 fully saturated rings. The predicted molar refractivity (Wildman–Crippen MR) is 94.8 cm³/mol. The Hall–Kier alpha value is -1.93. The number of hydrogen-bond acceptors (Lipinski definition) is 5. The van der Waals surface area contributed by atoms with E-state index in [-0.39, 0.29) is 29.8 Å². The Kier molecular flexibility index (Phi) is 5.93. The normalized spacial score (nSPS) is 16.9. The molecule has 2 aliphatic carbocycles. The molecule has 8 heteroatoms. The molecule has 0 spiro atoms. The van der Waals surface area contributed by atoms with Crippen LogP contribution in [0.25, 0.3) is 0 Å². The highest BCUT2D eigenvalue weighted by atomic mass is 32.2. The van der Waals surface area contributed by atoms with Crippen LogP contribution in [0.4, 0.5) is 0 Å². The molecule has 2 saturated carbocycles. The first-order valence-electron chi connectivity index (χ1n) is 8.96. The van der Waals surface area contributed by atoms with Crippen molar-refractivity contribution >= 4 is 21.9 Å². The highest BCUT2D eigenvalue weighted by Crippen LogP contribution is 2.28. The van der Waals surface area contributed by atoms with Gasteiger partial charge < -0.3 is 10.1 Å². The third-order valence-corrected chi connectivity index (χ3v) is 5.92. The quantitative estimate of drug-likeness (QED) is 0.593. The van der Waals surface area contributed by atoms with Crippen LogP contribution in [0.3, 0.4) is 0 Å². The molecule has 2 aliphatic rings. The van der Waals surface area contributed by atoms with Gasteiger partial charge in [-0.2, -0.15) is 0 Å². The SMILES string of the molecule is O=C(CCc1ccc(S(=O)(=O)NC2CC2)cc1)NCC(=O)OCC1CC1. The van der Waals surface area contributed by atoms with Crippen molar-refractivity contribution in [1.82, 2.24) is 10.0 Å². The van der Waals surface area contributed by atoms with E-state index in [2.05, 4.69) is 10.0 Å². The van der Waals surface area contributed by atoms with Gasteiger partial charge in [-0.15, -0.1) is 0 Å². The molecule has 1 aromatic rings. The molecule has 0 heterocycles. The Morgan fingerprint density at radius 2 is 1.77 bits per heavy atom. The van der Waals surface area contributed by atoms with Gasteiger partial charge in [0.1, 0.15) is 6.54 Å². The van der Waals surface area contributed by atoms with Crippen molar-refractivity contribution in [3.8, 4) is 0 Å². The number of rotatable bonds is 10.